The first-order chi connectivity index (χ1) is 9.90. The second kappa shape index (κ2) is 6.47. The summed E-state index contributed by atoms with van der Waals surface area (Å²) in [5.41, 5.74) is 1.80. The van der Waals surface area contributed by atoms with Gasteiger partial charge in [-0.2, -0.15) is 0 Å². The molecule has 2 aromatic rings. The molecule has 6 heteroatoms. The predicted molar refractivity (Wildman–Crippen MR) is 85.9 cm³/mol. The third kappa shape index (κ3) is 4.20. The van der Waals surface area contributed by atoms with E-state index in [4.69, 9.17) is 16.7 Å². The number of rotatable bonds is 5. The highest BCUT2D eigenvalue weighted by Crippen LogP contribution is 2.25. The maximum atomic E-state index is 11.4. The Kier molecular flexibility index (Phi) is 4.88. The summed E-state index contributed by atoms with van der Waals surface area (Å²) in [5.74, 6) is 0. The molecule has 0 spiro atoms. The Labute approximate surface area is 130 Å². The molecule has 1 atom stereocenters. The zero-order valence-electron chi connectivity index (χ0n) is 11.6. The number of sulfonamides is 1. The smallest absolute Gasteiger partial charge is 0.238 e. The first-order valence-electron chi connectivity index (χ1n) is 6.55. The molecule has 0 aliphatic rings. The normalized spacial score (nSPS) is 12.9. The summed E-state index contributed by atoms with van der Waals surface area (Å²) in [6, 6.07) is 14.1. The van der Waals surface area contributed by atoms with E-state index in [0.717, 1.165) is 12.0 Å². The summed E-state index contributed by atoms with van der Waals surface area (Å²) in [4.78, 5) is 0.0958. The maximum Gasteiger partial charge on any atom is 0.238 e. The van der Waals surface area contributed by atoms with Gasteiger partial charge in [0.15, 0.2) is 0 Å². The highest BCUT2D eigenvalue weighted by molar-refractivity contribution is 7.89. The Morgan fingerprint density at radius 1 is 1.19 bits per heavy atom. The second-order valence-electron chi connectivity index (χ2n) is 4.73. The van der Waals surface area contributed by atoms with Crippen molar-refractivity contribution in [1.29, 1.82) is 0 Å². The number of benzene rings is 2. The summed E-state index contributed by atoms with van der Waals surface area (Å²) < 4.78 is 22.8. The van der Waals surface area contributed by atoms with Crippen molar-refractivity contribution in [2.45, 2.75) is 24.3 Å². The van der Waals surface area contributed by atoms with Crippen molar-refractivity contribution in [3.63, 3.8) is 0 Å². The van der Waals surface area contributed by atoms with E-state index in [2.05, 4.69) is 12.2 Å². The van der Waals surface area contributed by atoms with E-state index in [-0.39, 0.29) is 10.9 Å². The minimum atomic E-state index is -3.70. The van der Waals surface area contributed by atoms with Crippen LogP contribution in [0.4, 0.5) is 5.69 Å². The summed E-state index contributed by atoms with van der Waals surface area (Å²) in [6.07, 6.45) is 0.848. The van der Waals surface area contributed by atoms with Crippen molar-refractivity contribution in [3.05, 3.63) is 59.1 Å². The number of primary sulfonamides is 1. The van der Waals surface area contributed by atoms with Crippen LogP contribution < -0.4 is 10.5 Å². The standard InChI is InChI=1S/C15H17ClN2O2S/c1-2-15(11-6-8-12(16)9-7-11)18-13-4-3-5-14(10-13)21(17,19)20/h3-10,15,18H,2H2,1H3,(H2,17,19,20). The number of hydrogen-bond donors (Lipinski definition) is 2. The number of nitrogens with one attached hydrogen (secondary N) is 1. The summed E-state index contributed by atoms with van der Waals surface area (Å²) >= 11 is 5.89. The lowest BCUT2D eigenvalue weighted by Gasteiger charge is -2.19. The maximum absolute atomic E-state index is 11.4. The van der Waals surface area contributed by atoms with Gasteiger partial charge in [0.05, 0.1) is 10.9 Å². The Bertz CT molecular complexity index is 715. The molecule has 0 saturated heterocycles. The van der Waals surface area contributed by atoms with E-state index in [9.17, 15) is 8.42 Å². The molecule has 3 N–H and O–H groups in total. The van der Waals surface area contributed by atoms with E-state index < -0.39 is 10.0 Å². The van der Waals surface area contributed by atoms with Crippen LogP contribution >= 0.6 is 11.6 Å². The molecule has 4 nitrogen and oxygen atoms in total. The summed E-state index contributed by atoms with van der Waals surface area (Å²) in [6.45, 7) is 2.05. The van der Waals surface area contributed by atoms with Crippen LogP contribution in [0.3, 0.4) is 0 Å². The minimum absolute atomic E-state index is 0.0676. The summed E-state index contributed by atoms with van der Waals surface area (Å²) in [7, 11) is -3.70. The van der Waals surface area contributed by atoms with E-state index in [1.54, 1.807) is 6.07 Å². The largest absolute Gasteiger partial charge is 0.378 e. The van der Waals surface area contributed by atoms with E-state index in [1.165, 1.54) is 12.1 Å². The molecule has 0 bridgehead atoms. The molecule has 2 rings (SSSR count). The average molecular weight is 325 g/mol. The quantitative estimate of drug-likeness (QED) is 0.883. The van der Waals surface area contributed by atoms with Gasteiger partial charge in [0, 0.05) is 10.7 Å². The third-order valence-corrected chi connectivity index (χ3v) is 4.35. The van der Waals surface area contributed by atoms with Crippen LogP contribution in [0.1, 0.15) is 24.9 Å². The molecule has 0 aliphatic heterocycles. The van der Waals surface area contributed by atoms with Gasteiger partial charge < -0.3 is 5.32 Å². The molecule has 0 aliphatic carbocycles. The van der Waals surface area contributed by atoms with Crippen LogP contribution in [0.25, 0.3) is 0 Å². The third-order valence-electron chi connectivity index (χ3n) is 3.18. The monoisotopic (exact) mass is 324 g/mol. The molecule has 0 saturated carbocycles. The van der Waals surface area contributed by atoms with E-state index in [1.807, 2.05) is 30.3 Å². The fourth-order valence-corrected chi connectivity index (χ4v) is 2.77. The van der Waals surface area contributed by atoms with Crippen molar-refractivity contribution in [2.24, 2.45) is 5.14 Å². The SMILES string of the molecule is CCC(Nc1cccc(S(N)(=O)=O)c1)c1ccc(Cl)cc1. The van der Waals surface area contributed by atoms with Crippen LogP contribution in [0.5, 0.6) is 0 Å². The molecule has 112 valence electrons. The minimum Gasteiger partial charge on any atom is -0.378 e. The highest BCUT2D eigenvalue weighted by atomic mass is 35.5. The zero-order chi connectivity index (χ0) is 15.5. The first kappa shape index (κ1) is 15.8. The van der Waals surface area contributed by atoms with Crippen molar-refractivity contribution in [2.75, 3.05) is 5.32 Å². The highest BCUT2D eigenvalue weighted by Gasteiger charge is 2.12. The lowest BCUT2D eigenvalue weighted by molar-refractivity contribution is 0.598. The Morgan fingerprint density at radius 3 is 2.43 bits per heavy atom. The lowest BCUT2D eigenvalue weighted by Crippen LogP contribution is -2.13. The van der Waals surface area contributed by atoms with Gasteiger partial charge in [0.1, 0.15) is 0 Å². The molecule has 0 radical (unpaired) electrons. The van der Waals surface area contributed by atoms with Crippen molar-refractivity contribution in [3.8, 4) is 0 Å². The predicted octanol–water partition coefficient (Wildman–Crippen LogP) is 3.55. The first-order valence-corrected chi connectivity index (χ1v) is 8.47. The number of nitrogens with two attached hydrogens (primary N) is 1. The molecule has 0 aromatic heterocycles. The Morgan fingerprint density at radius 2 is 1.86 bits per heavy atom. The van der Waals surface area contributed by atoms with Crippen LogP contribution in [-0.2, 0) is 10.0 Å². The summed E-state index contributed by atoms with van der Waals surface area (Å²) in [5, 5.41) is 9.15. The van der Waals surface area contributed by atoms with Gasteiger partial charge in [-0.05, 0) is 42.3 Å². The molecule has 0 amide bonds. The van der Waals surface area contributed by atoms with Crippen LogP contribution in [0.2, 0.25) is 5.02 Å². The topological polar surface area (TPSA) is 72.2 Å². The van der Waals surface area contributed by atoms with Crippen LogP contribution in [0, 0.1) is 0 Å². The molecular formula is C15H17ClN2O2S. The molecule has 21 heavy (non-hydrogen) atoms. The van der Waals surface area contributed by atoms with E-state index >= 15 is 0 Å². The van der Waals surface area contributed by atoms with Gasteiger partial charge in [-0.15, -0.1) is 0 Å². The lowest BCUT2D eigenvalue weighted by atomic mass is 10.0. The fourth-order valence-electron chi connectivity index (χ4n) is 2.08. The van der Waals surface area contributed by atoms with Gasteiger partial charge in [0.2, 0.25) is 10.0 Å². The van der Waals surface area contributed by atoms with Gasteiger partial charge in [-0.25, -0.2) is 13.6 Å². The van der Waals surface area contributed by atoms with Crippen LogP contribution in [0.15, 0.2) is 53.4 Å². The molecule has 0 fully saturated rings. The molecule has 2 aromatic carbocycles. The van der Waals surface area contributed by atoms with Gasteiger partial charge in [0.25, 0.3) is 0 Å². The van der Waals surface area contributed by atoms with Crippen molar-refractivity contribution >= 4 is 27.3 Å². The van der Waals surface area contributed by atoms with Gasteiger partial charge in [-0.3, -0.25) is 0 Å². The Balaban J connectivity index is 2.25. The molecular weight excluding hydrogens is 308 g/mol. The number of hydrogen-bond acceptors (Lipinski definition) is 3. The average Bonchev–Trinajstić information content (AvgIpc) is 2.45. The van der Waals surface area contributed by atoms with Crippen LogP contribution in [-0.4, -0.2) is 8.42 Å². The zero-order valence-corrected chi connectivity index (χ0v) is 13.2. The molecule has 1 unspecified atom stereocenters. The number of anilines is 1. The van der Waals surface area contributed by atoms with Crippen molar-refractivity contribution in [1.82, 2.24) is 0 Å². The second-order valence-corrected chi connectivity index (χ2v) is 6.73. The van der Waals surface area contributed by atoms with Gasteiger partial charge >= 0.3 is 0 Å². The van der Waals surface area contributed by atoms with E-state index in [0.29, 0.717) is 10.7 Å². The fraction of sp³-hybridized carbons (Fsp3) is 0.200. The Hall–Kier alpha value is -1.56. The number of halogens is 1. The molecule has 0 heterocycles. The van der Waals surface area contributed by atoms with Gasteiger partial charge in [-0.1, -0.05) is 36.7 Å². The van der Waals surface area contributed by atoms with Crippen molar-refractivity contribution < 1.29 is 8.42 Å².